The van der Waals surface area contributed by atoms with Gasteiger partial charge in [0.25, 0.3) is 11.5 Å². The minimum atomic E-state index is -1.07. The number of hydrogen-bond acceptors (Lipinski definition) is 5. The molecule has 4 rings (SSSR count). The second-order valence-electron chi connectivity index (χ2n) is 8.39. The van der Waals surface area contributed by atoms with E-state index in [2.05, 4.69) is 5.32 Å². The highest BCUT2D eigenvalue weighted by molar-refractivity contribution is 6.30. The van der Waals surface area contributed by atoms with Crippen LogP contribution in [0.5, 0.6) is 5.75 Å². The Bertz CT molecular complexity index is 1490. The average Bonchev–Trinajstić information content (AvgIpc) is 2.91. The summed E-state index contributed by atoms with van der Waals surface area (Å²) in [5.41, 5.74) is 1.48. The minimum absolute atomic E-state index is 0.0540. The van der Waals surface area contributed by atoms with Gasteiger partial charge in [-0.25, -0.2) is 4.79 Å². The van der Waals surface area contributed by atoms with Crippen LogP contribution in [0.4, 0.5) is 5.69 Å². The molecule has 0 spiro atoms. The van der Waals surface area contributed by atoms with Crippen molar-refractivity contribution >= 4 is 39.9 Å². The maximum Gasteiger partial charge on any atom is 0.356 e. The predicted octanol–water partition coefficient (Wildman–Crippen LogP) is 5.83. The van der Waals surface area contributed by atoms with Gasteiger partial charge in [-0.05, 0) is 66.8 Å². The maximum atomic E-state index is 13.6. The fourth-order valence-corrected chi connectivity index (χ4v) is 4.27. The molecule has 0 fully saturated rings. The number of benzene rings is 3. The Morgan fingerprint density at radius 3 is 2.22 bits per heavy atom. The highest BCUT2D eigenvalue weighted by Gasteiger charge is 2.27. The van der Waals surface area contributed by atoms with Crippen molar-refractivity contribution in [2.45, 2.75) is 26.4 Å². The van der Waals surface area contributed by atoms with Crippen molar-refractivity contribution in [3.05, 3.63) is 93.9 Å². The molecule has 190 valence electrons. The predicted molar refractivity (Wildman–Crippen MR) is 145 cm³/mol. The molecule has 0 aliphatic carbocycles. The van der Waals surface area contributed by atoms with Crippen molar-refractivity contribution in [2.75, 3.05) is 11.9 Å². The fourth-order valence-electron chi connectivity index (χ4n) is 4.14. The molecule has 0 aliphatic heterocycles. The normalized spacial score (nSPS) is 11.7. The molecule has 4 aromatic rings. The highest BCUT2D eigenvalue weighted by atomic mass is 35.5. The standard InChI is InChI=1S/C29H27ClN2O5/c1-4-24(27(33)31-20-14-16-21(17-15-20)36-5-2)37-29(35)26-25(18-10-12-19(30)13-11-18)22-8-6-7-9-23(22)28(34)32(26)3/h6-17,24H,4-5H2,1-3H3,(H,31,33). The van der Waals surface area contributed by atoms with Crippen molar-refractivity contribution in [2.24, 2.45) is 7.05 Å². The molecule has 1 aromatic heterocycles. The van der Waals surface area contributed by atoms with Crippen molar-refractivity contribution in [3.63, 3.8) is 0 Å². The van der Waals surface area contributed by atoms with Crippen LogP contribution in [0.3, 0.4) is 0 Å². The lowest BCUT2D eigenvalue weighted by Crippen LogP contribution is -2.34. The van der Waals surface area contributed by atoms with Crippen LogP contribution in [0.25, 0.3) is 21.9 Å². The first-order valence-corrected chi connectivity index (χ1v) is 12.3. The molecule has 0 aliphatic rings. The molecule has 8 heteroatoms. The molecular weight excluding hydrogens is 492 g/mol. The molecule has 1 heterocycles. The van der Waals surface area contributed by atoms with E-state index in [1.54, 1.807) is 79.7 Å². The molecule has 0 saturated heterocycles. The van der Waals surface area contributed by atoms with Crippen LogP contribution < -0.4 is 15.6 Å². The zero-order valence-corrected chi connectivity index (χ0v) is 21.5. The summed E-state index contributed by atoms with van der Waals surface area (Å²) < 4.78 is 12.4. The number of ether oxygens (including phenoxy) is 2. The first-order valence-electron chi connectivity index (χ1n) is 12.0. The SMILES string of the molecule is CCOc1ccc(NC(=O)C(CC)OC(=O)c2c(-c3ccc(Cl)cc3)c3ccccc3c(=O)n2C)cc1. The molecule has 7 nitrogen and oxygen atoms in total. The van der Waals surface area contributed by atoms with E-state index in [4.69, 9.17) is 21.1 Å². The number of carbonyl (C=O) groups is 2. The van der Waals surface area contributed by atoms with Gasteiger partial charge in [-0.15, -0.1) is 0 Å². The van der Waals surface area contributed by atoms with E-state index in [9.17, 15) is 14.4 Å². The topological polar surface area (TPSA) is 86.6 Å². The molecule has 0 saturated carbocycles. The number of fused-ring (bicyclic) bond motifs is 1. The van der Waals surface area contributed by atoms with Gasteiger partial charge in [0.1, 0.15) is 11.4 Å². The van der Waals surface area contributed by atoms with Gasteiger partial charge in [0, 0.05) is 28.7 Å². The Hall–Kier alpha value is -4.10. The number of esters is 1. The molecule has 37 heavy (non-hydrogen) atoms. The van der Waals surface area contributed by atoms with Crippen LogP contribution in [-0.2, 0) is 16.6 Å². The van der Waals surface area contributed by atoms with Crippen molar-refractivity contribution in [1.29, 1.82) is 0 Å². The first-order chi connectivity index (χ1) is 17.8. The summed E-state index contributed by atoms with van der Waals surface area (Å²) in [6, 6.07) is 21.0. The van der Waals surface area contributed by atoms with Gasteiger partial charge in [-0.1, -0.05) is 48.9 Å². The Morgan fingerprint density at radius 1 is 0.946 bits per heavy atom. The van der Waals surface area contributed by atoms with E-state index < -0.39 is 18.0 Å². The molecule has 0 bridgehead atoms. The number of hydrogen-bond donors (Lipinski definition) is 1. The van der Waals surface area contributed by atoms with Crippen LogP contribution in [0.15, 0.2) is 77.6 Å². The molecule has 1 atom stereocenters. The highest BCUT2D eigenvalue weighted by Crippen LogP contribution is 2.32. The zero-order valence-electron chi connectivity index (χ0n) is 20.8. The van der Waals surface area contributed by atoms with Crippen LogP contribution in [0.2, 0.25) is 5.02 Å². The van der Waals surface area contributed by atoms with Gasteiger partial charge in [-0.2, -0.15) is 0 Å². The lowest BCUT2D eigenvalue weighted by atomic mass is 9.96. The van der Waals surface area contributed by atoms with Gasteiger partial charge in [-0.3, -0.25) is 9.59 Å². The fraction of sp³-hybridized carbons (Fsp3) is 0.207. The van der Waals surface area contributed by atoms with Crippen molar-refractivity contribution < 1.29 is 19.1 Å². The third kappa shape index (κ3) is 5.52. The van der Waals surface area contributed by atoms with E-state index in [0.717, 1.165) is 0 Å². The lowest BCUT2D eigenvalue weighted by molar-refractivity contribution is -0.124. The summed E-state index contributed by atoms with van der Waals surface area (Å²) in [6.07, 6.45) is -0.828. The van der Waals surface area contributed by atoms with Gasteiger partial charge in [0.15, 0.2) is 6.10 Å². The quantitative estimate of drug-likeness (QED) is 0.296. The summed E-state index contributed by atoms with van der Waals surface area (Å²) in [6.45, 7) is 4.17. The van der Waals surface area contributed by atoms with Crippen molar-refractivity contribution in [3.8, 4) is 16.9 Å². The third-order valence-electron chi connectivity index (χ3n) is 5.98. The second-order valence-corrected chi connectivity index (χ2v) is 8.83. The molecular formula is C29H27ClN2O5. The molecule has 1 N–H and O–H groups in total. The number of carbonyl (C=O) groups excluding carboxylic acids is 2. The van der Waals surface area contributed by atoms with Gasteiger partial charge < -0.3 is 19.4 Å². The molecule has 1 unspecified atom stereocenters. The lowest BCUT2D eigenvalue weighted by Gasteiger charge is -2.20. The van der Waals surface area contributed by atoms with E-state index >= 15 is 0 Å². The average molecular weight is 519 g/mol. The number of nitrogens with zero attached hydrogens (tertiary/aromatic N) is 1. The third-order valence-corrected chi connectivity index (χ3v) is 6.23. The van der Waals surface area contributed by atoms with Crippen LogP contribution in [0, 0.1) is 0 Å². The van der Waals surface area contributed by atoms with Gasteiger partial charge in [0.05, 0.1) is 6.61 Å². The Morgan fingerprint density at radius 2 is 1.59 bits per heavy atom. The van der Waals surface area contributed by atoms with Crippen LogP contribution in [0.1, 0.15) is 30.8 Å². The van der Waals surface area contributed by atoms with Gasteiger partial charge in [0.2, 0.25) is 0 Å². The summed E-state index contributed by atoms with van der Waals surface area (Å²) in [5, 5.41) is 4.38. The number of rotatable bonds is 8. The first kappa shape index (κ1) is 26.0. The summed E-state index contributed by atoms with van der Waals surface area (Å²) in [7, 11) is 1.52. The second kappa shape index (κ2) is 11.3. The van der Waals surface area contributed by atoms with E-state index in [-0.39, 0.29) is 17.7 Å². The summed E-state index contributed by atoms with van der Waals surface area (Å²) in [5.74, 6) is -0.561. The number of amides is 1. The minimum Gasteiger partial charge on any atom is -0.494 e. The van der Waals surface area contributed by atoms with E-state index in [1.165, 1.54) is 11.6 Å². The Kier molecular flexibility index (Phi) is 7.94. The maximum absolute atomic E-state index is 13.6. The smallest absolute Gasteiger partial charge is 0.356 e. The van der Waals surface area contributed by atoms with E-state index in [0.29, 0.717) is 45.0 Å². The van der Waals surface area contributed by atoms with Crippen molar-refractivity contribution in [1.82, 2.24) is 4.57 Å². The number of pyridine rings is 1. The Balaban J connectivity index is 1.69. The van der Waals surface area contributed by atoms with Gasteiger partial charge >= 0.3 is 5.97 Å². The summed E-state index contributed by atoms with van der Waals surface area (Å²) >= 11 is 6.09. The summed E-state index contributed by atoms with van der Waals surface area (Å²) in [4.78, 5) is 39.7. The number of aromatic nitrogens is 1. The van der Waals surface area contributed by atoms with Crippen LogP contribution >= 0.6 is 11.6 Å². The number of halogens is 1. The van der Waals surface area contributed by atoms with Crippen LogP contribution in [-0.4, -0.2) is 29.2 Å². The number of anilines is 1. The zero-order chi connectivity index (χ0) is 26.5. The molecule has 0 radical (unpaired) electrons. The largest absolute Gasteiger partial charge is 0.494 e. The molecule has 3 aromatic carbocycles. The number of nitrogens with one attached hydrogen (secondary N) is 1. The monoisotopic (exact) mass is 518 g/mol. The van der Waals surface area contributed by atoms with E-state index in [1.807, 2.05) is 6.92 Å². The molecule has 1 amide bonds. The Labute approximate surface area is 219 Å².